The number of para-hydroxylation sites is 1. The van der Waals surface area contributed by atoms with Gasteiger partial charge in [0.2, 0.25) is 0 Å². The van der Waals surface area contributed by atoms with Crippen LogP contribution >= 0.6 is 0 Å². The molecule has 0 bridgehead atoms. The van der Waals surface area contributed by atoms with Crippen molar-refractivity contribution < 1.29 is 14.6 Å². The van der Waals surface area contributed by atoms with E-state index in [9.17, 15) is 5.11 Å². The van der Waals surface area contributed by atoms with Crippen molar-refractivity contribution in [1.82, 2.24) is 4.90 Å². The molecule has 1 saturated carbocycles. The van der Waals surface area contributed by atoms with E-state index in [2.05, 4.69) is 47.4 Å². The topological polar surface area (TPSA) is 41.9 Å². The normalized spacial score (nSPS) is 25.5. The molecule has 4 rings (SSSR count). The molecule has 1 N–H and O–H groups in total. The Morgan fingerprint density at radius 1 is 1.07 bits per heavy atom. The summed E-state index contributed by atoms with van der Waals surface area (Å²) in [6.45, 7) is 5.23. The number of aliphatic hydroxyl groups excluding tert-OH is 1. The van der Waals surface area contributed by atoms with E-state index in [0.717, 1.165) is 24.4 Å². The molecule has 0 spiro atoms. The zero-order valence-electron chi connectivity index (χ0n) is 18.1. The highest BCUT2D eigenvalue weighted by molar-refractivity contribution is 5.40. The first-order valence-electron chi connectivity index (χ1n) is 11.5. The molecule has 1 heterocycles. The van der Waals surface area contributed by atoms with Crippen LogP contribution in [0.4, 0.5) is 0 Å². The Balaban J connectivity index is 1.78. The lowest BCUT2D eigenvalue weighted by atomic mass is 9.74. The molecule has 1 aliphatic heterocycles. The van der Waals surface area contributed by atoms with Crippen molar-refractivity contribution in [1.29, 1.82) is 0 Å². The first kappa shape index (κ1) is 21.4. The summed E-state index contributed by atoms with van der Waals surface area (Å²) < 4.78 is 12.7. The molecule has 0 aromatic heterocycles. The summed E-state index contributed by atoms with van der Waals surface area (Å²) in [6, 6.07) is 19.2. The van der Waals surface area contributed by atoms with E-state index in [0.29, 0.717) is 25.6 Å². The Bertz CT molecular complexity index is 786. The van der Waals surface area contributed by atoms with Gasteiger partial charge < -0.3 is 14.6 Å². The smallest absolute Gasteiger partial charge is 0.125 e. The van der Waals surface area contributed by atoms with Crippen LogP contribution in [0.25, 0.3) is 0 Å². The van der Waals surface area contributed by atoms with Gasteiger partial charge in [-0.1, -0.05) is 61.4 Å². The molecule has 4 nitrogen and oxygen atoms in total. The fourth-order valence-electron chi connectivity index (χ4n) is 5.67. The van der Waals surface area contributed by atoms with Crippen LogP contribution in [0.5, 0.6) is 5.75 Å². The summed E-state index contributed by atoms with van der Waals surface area (Å²) in [7, 11) is 0. The number of ether oxygens (including phenoxy) is 2. The van der Waals surface area contributed by atoms with Crippen molar-refractivity contribution in [3.63, 3.8) is 0 Å². The van der Waals surface area contributed by atoms with Gasteiger partial charge in [0.25, 0.3) is 0 Å². The van der Waals surface area contributed by atoms with Gasteiger partial charge in [0.15, 0.2) is 0 Å². The van der Waals surface area contributed by atoms with Gasteiger partial charge in [0.1, 0.15) is 11.4 Å². The highest BCUT2D eigenvalue weighted by Gasteiger charge is 2.51. The maximum Gasteiger partial charge on any atom is 0.125 e. The third kappa shape index (κ3) is 4.27. The highest BCUT2D eigenvalue weighted by Crippen LogP contribution is 2.48. The summed E-state index contributed by atoms with van der Waals surface area (Å²) in [5.74, 6) is 1.45. The molecule has 0 radical (unpaired) electrons. The number of benzene rings is 2. The fourth-order valence-corrected chi connectivity index (χ4v) is 5.67. The SMILES string of the molecule is CCOc1ccccc1C1(CCO)OCCN(Cc2ccccc2)C1C1CCCC1. The second-order valence-corrected chi connectivity index (χ2v) is 8.59. The Morgan fingerprint density at radius 2 is 1.80 bits per heavy atom. The van der Waals surface area contributed by atoms with E-state index in [-0.39, 0.29) is 12.6 Å². The standard InChI is InChI=1S/C26H35NO3/c1-2-29-24-15-9-8-14-23(24)26(16-18-28)25(22-12-6-7-13-22)27(17-19-30-26)20-21-10-4-3-5-11-21/h3-5,8-11,14-15,22,25,28H,2,6-7,12-13,16-20H2,1H3. The maximum atomic E-state index is 10.2. The van der Waals surface area contributed by atoms with Crippen LogP contribution < -0.4 is 4.74 Å². The molecule has 4 heteroatoms. The van der Waals surface area contributed by atoms with E-state index in [1.165, 1.54) is 31.2 Å². The Kier molecular flexibility index (Phi) is 7.08. The lowest BCUT2D eigenvalue weighted by molar-refractivity contribution is -0.180. The van der Waals surface area contributed by atoms with Gasteiger partial charge in [-0.2, -0.15) is 0 Å². The molecule has 2 aromatic carbocycles. The Labute approximate surface area is 180 Å². The quantitative estimate of drug-likeness (QED) is 0.683. The van der Waals surface area contributed by atoms with Crippen LogP contribution in [-0.2, 0) is 16.9 Å². The number of nitrogens with zero attached hydrogens (tertiary/aromatic N) is 1. The molecule has 1 aliphatic carbocycles. The van der Waals surface area contributed by atoms with E-state index >= 15 is 0 Å². The molecule has 2 unspecified atom stereocenters. The van der Waals surface area contributed by atoms with Gasteiger partial charge in [-0.05, 0) is 37.3 Å². The number of rotatable bonds is 8. The van der Waals surface area contributed by atoms with Gasteiger partial charge >= 0.3 is 0 Å². The third-order valence-corrected chi connectivity index (χ3v) is 6.81. The second kappa shape index (κ2) is 9.95. The van der Waals surface area contributed by atoms with Crippen LogP contribution in [0.1, 0.15) is 50.2 Å². The van der Waals surface area contributed by atoms with Crippen LogP contribution in [0.15, 0.2) is 54.6 Å². The van der Waals surface area contributed by atoms with E-state index in [1.54, 1.807) is 0 Å². The lowest BCUT2D eigenvalue weighted by Crippen LogP contribution is -2.60. The van der Waals surface area contributed by atoms with Crippen LogP contribution in [0, 0.1) is 5.92 Å². The largest absolute Gasteiger partial charge is 0.493 e. The van der Waals surface area contributed by atoms with Gasteiger partial charge in [-0.15, -0.1) is 0 Å². The summed E-state index contributed by atoms with van der Waals surface area (Å²) >= 11 is 0. The van der Waals surface area contributed by atoms with Gasteiger partial charge in [-0.25, -0.2) is 0 Å². The van der Waals surface area contributed by atoms with Crippen LogP contribution in [0.3, 0.4) is 0 Å². The van der Waals surface area contributed by atoms with Crippen molar-refractivity contribution in [3.8, 4) is 5.75 Å². The minimum atomic E-state index is -0.553. The molecular weight excluding hydrogens is 374 g/mol. The summed E-state index contributed by atoms with van der Waals surface area (Å²) in [4.78, 5) is 2.62. The highest BCUT2D eigenvalue weighted by atomic mass is 16.5. The van der Waals surface area contributed by atoms with E-state index < -0.39 is 5.60 Å². The van der Waals surface area contributed by atoms with Crippen molar-refractivity contribution in [2.45, 2.75) is 57.2 Å². The van der Waals surface area contributed by atoms with Crippen molar-refractivity contribution in [3.05, 3.63) is 65.7 Å². The first-order valence-corrected chi connectivity index (χ1v) is 11.5. The van der Waals surface area contributed by atoms with Crippen LogP contribution in [0.2, 0.25) is 0 Å². The molecule has 0 amide bonds. The van der Waals surface area contributed by atoms with Crippen LogP contribution in [-0.4, -0.2) is 42.4 Å². The zero-order chi connectivity index (χ0) is 20.8. The minimum absolute atomic E-state index is 0.100. The average molecular weight is 410 g/mol. The third-order valence-electron chi connectivity index (χ3n) is 6.81. The molecule has 162 valence electrons. The Morgan fingerprint density at radius 3 is 2.53 bits per heavy atom. The van der Waals surface area contributed by atoms with Crippen molar-refractivity contribution in [2.24, 2.45) is 5.92 Å². The predicted octanol–water partition coefficient (Wildman–Crippen LogP) is 4.75. The van der Waals surface area contributed by atoms with E-state index in [4.69, 9.17) is 9.47 Å². The summed E-state index contributed by atoms with van der Waals surface area (Å²) in [5, 5.41) is 10.2. The van der Waals surface area contributed by atoms with Crippen molar-refractivity contribution in [2.75, 3.05) is 26.4 Å². The Hall–Kier alpha value is -1.88. The number of aliphatic hydroxyl groups is 1. The summed E-state index contributed by atoms with van der Waals surface area (Å²) in [6.07, 6.45) is 5.60. The first-order chi connectivity index (χ1) is 14.8. The van der Waals surface area contributed by atoms with Crippen molar-refractivity contribution >= 4 is 0 Å². The van der Waals surface area contributed by atoms with Gasteiger partial charge in [0.05, 0.1) is 13.2 Å². The zero-order valence-corrected chi connectivity index (χ0v) is 18.1. The van der Waals surface area contributed by atoms with Gasteiger partial charge in [0, 0.05) is 37.7 Å². The molecule has 30 heavy (non-hydrogen) atoms. The second-order valence-electron chi connectivity index (χ2n) is 8.59. The molecular formula is C26H35NO3. The summed E-state index contributed by atoms with van der Waals surface area (Å²) in [5.41, 5.74) is 1.87. The molecule has 2 aliphatic rings. The average Bonchev–Trinajstić information content (AvgIpc) is 3.30. The number of hydrogen-bond acceptors (Lipinski definition) is 4. The number of hydrogen-bond donors (Lipinski definition) is 1. The number of morpholine rings is 1. The lowest BCUT2D eigenvalue weighted by Gasteiger charge is -2.53. The molecule has 2 fully saturated rings. The molecule has 1 saturated heterocycles. The monoisotopic (exact) mass is 409 g/mol. The molecule has 2 aromatic rings. The molecule has 2 atom stereocenters. The van der Waals surface area contributed by atoms with E-state index in [1.807, 2.05) is 19.1 Å². The maximum absolute atomic E-state index is 10.2. The minimum Gasteiger partial charge on any atom is -0.493 e. The fraction of sp³-hybridized carbons (Fsp3) is 0.538. The van der Waals surface area contributed by atoms with Gasteiger partial charge in [-0.3, -0.25) is 4.90 Å². The predicted molar refractivity (Wildman–Crippen MR) is 120 cm³/mol.